The van der Waals surface area contributed by atoms with Crippen LogP contribution in [-0.4, -0.2) is 27.3 Å². The van der Waals surface area contributed by atoms with E-state index in [1.165, 1.54) is 18.2 Å². The van der Waals surface area contributed by atoms with Crippen molar-refractivity contribution in [2.24, 2.45) is 0 Å². The Morgan fingerprint density at radius 3 is 2.48 bits per heavy atom. The van der Waals surface area contributed by atoms with E-state index in [0.717, 1.165) is 22.6 Å². The van der Waals surface area contributed by atoms with Crippen molar-refractivity contribution in [1.82, 2.24) is 20.2 Å². The molecule has 3 heterocycles. The van der Waals surface area contributed by atoms with Crippen LogP contribution in [0.5, 0.6) is 17.2 Å². The molecule has 1 aliphatic carbocycles. The fraction of sp³-hybridized carbons (Fsp3) is 0.154. The summed E-state index contributed by atoms with van der Waals surface area (Å²) in [6.07, 6.45) is 5.75. The summed E-state index contributed by atoms with van der Waals surface area (Å²) >= 11 is 0. The highest BCUT2D eigenvalue weighted by Crippen LogP contribution is 2.42. The molecule has 7 nitrogen and oxygen atoms in total. The molecular formula is C26H21N5O2. The second-order valence-electron chi connectivity index (χ2n) is 8.06. The molecule has 2 aromatic carbocycles. The average Bonchev–Trinajstić information content (AvgIpc) is 3.71. The van der Waals surface area contributed by atoms with Crippen LogP contribution in [0, 0.1) is 0 Å². The summed E-state index contributed by atoms with van der Waals surface area (Å²) in [6, 6.07) is 19.7. The molecule has 7 heteroatoms. The molecule has 0 atom stereocenters. The van der Waals surface area contributed by atoms with E-state index < -0.39 is 0 Å². The Morgan fingerprint density at radius 2 is 1.70 bits per heavy atom. The van der Waals surface area contributed by atoms with E-state index in [-0.39, 0.29) is 0 Å². The number of pyridine rings is 2. The van der Waals surface area contributed by atoms with Crippen LogP contribution in [0.1, 0.15) is 24.5 Å². The Labute approximate surface area is 190 Å². The van der Waals surface area contributed by atoms with E-state index in [1.807, 2.05) is 36.4 Å². The van der Waals surface area contributed by atoms with Gasteiger partial charge in [0.15, 0.2) is 11.6 Å². The van der Waals surface area contributed by atoms with E-state index in [2.05, 4.69) is 43.7 Å². The van der Waals surface area contributed by atoms with Gasteiger partial charge in [-0.1, -0.05) is 24.3 Å². The first-order valence-electron chi connectivity index (χ1n) is 10.9. The van der Waals surface area contributed by atoms with Crippen LogP contribution in [-0.2, 0) is 0 Å². The highest BCUT2D eigenvalue weighted by Gasteiger charge is 2.28. The lowest BCUT2D eigenvalue weighted by atomic mass is 10.1. The largest absolute Gasteiger partial charge is 0.495 e. The maximum absolute atomic E-state index is 6.09. The minimum atomic E-state index is 0.549. The van der Waals surface area contributed by atoms with Crippen molar-refractivity contribution < 1.29 is 9.47 Å². The van der Waals surface area contributed by atoms with E-state index in [4.69, 9.17) is 9.47 Å². The van der Waals surface area contributed by atoms with Gasteiger partial charge in [0.05, 0.1) is 24.5 Å². The Morgan fingerprint density at radius 1 is 0.879 bits per heavy atom. The fourth-order valence-electron chi connectivity index (χ4n) is 3.93. The van der Waals surface area contributed by atoms with Crippen LogP contribution in [0.3, 0.4) is 0 Å². The molecule has 1 fully saturated rings. The van der Waals surface area contributed by atoms with Crippen molar-refractivity contribution in [2.75, 3.05) is 12.4 Å². The monoisotopic (exact) mass is 435 g/mol. The van der Waals surface area contributed by atoms with E-state index >= 15 is 0 Å². The number of methoxy groups -OCH3 is 1. The topological polar surface area (TPSA) is 82.0 Å². The lowest BCUT2D eigenvalue weighted by Gasteiger charge is -2.12. The molecule has 1 saturated carbocycles. The molecule has 0 unspecified atom stereocenters. The van der Waals surface area contributed by atoms with Gasteiger partial charge in [-0.3, -0.25) is 4.98 Å². The Kier molecular flexibility index (Phi) is 4.72. The Balaban J connectivity index is 1.25. The van der Waals surface area contributed by atoms with Gasteiger partial charge >= 0.3 is 0 Å². The van der Waals surface area contributed by atoms with E-state index in [1.54, 1.807) is 25.6 Å². The molecule has 1 aliphatic rings. The zero-order chi connectivity index (χ0) is 22.2. The molecule has 0 saturated heterocycles. The maximum atomic E-state index is 6.09. The van der Waals surface area contributed by atoms with Crippen LogP contribution < -0.4 is 14.8 Å². The van der Waals surface area contributed by atoms with Gasteiger partial charge in [-0.15, -0.1) is 5.10 Å². The zero-order valence-electron chi connectivity index (χ0n) is 18.0. The zero-order valence-corrected chi connectivity index (χ0v) is 18.0. The number of hydrogen-bond donors (Lipinski definition) is 1. The normalized spacial score (nSPS) is 13.2. The second-order valence-corrected chi connectivity index (χ2v) is 8.06. The van der Waals surface area contributed by atoms with Gasteiger partial charge in [0.2, 0.25) is 0 Å². The molecule has 162 valence electrons. The number of nitrogens with one attached hydrogen (secondary N) is 1. The highest BCUT2D eigenvalue weighted by molar-refractivity contribution is 5.94. The molecule has 0 radical (unpaired) electrons. The molecule has 0 amide bonds. The third-order valence-corrected chi connectivity index (χ3v) is 5.78. The molecule has 3 aromatic heterocycles. The molecule has 1 N–H and O–H groups in total. The first-order valence-corrected chi connectivity index (χ1v) is 10.9. The number of nitrogens with zero attached hydrogens (tertiary/aromatic N) is 4. The van der Waals surface area contributed by atoms with Gasteiger partial charge in [0.1, 0.15) is 17.0 Å². The number of aromatic nitrogens is 4. The fourth-order valence-corrected chi connectivity index (χ4v) is 3.93. The van der Waals surface area contributed by atoms with Gasteiger partial charge in [0.25, 0.3) is 0 Å². The minimum Gasteiger partial charge on any atom is -0.495 e. The number of anilines is 2. The molecule has 0 bridgehead atoms. The lowest BCUT2D eigenvalue weighted by molar-refractivity contribution is 0.413. The molecule has 0 spiro atoms. The van der Waals surface area contributed by atoms with Crippen molar-refractivity contribution in [3.8, 4) is 17.2 Å². The van der Waals surface area contributed by atoms with Crippen molar-refractivity contribution in [1.29, 1.82) is 0 Å². The smallest absolute Gasteiger partial charge is 0.160 e. The third kappa shape index (κ3) is 3.78. The summed E-state index contributed by atoms with van der Waals surface area (Å²) in [6.45, 7) is 0. The van der Waals surface area contributed by atoms with Crippen LogP contribution in [0.15, 0.2) is 73.1 Å². The molecule has 5 aromatic rings. The van der Waals surface area contributed by atoms with Gasteiger partial charge in [0, 0.05) is 40.7 Å². The number of benzene rings is 2. The van der Waals surface area contributed by atoms with E-state index in [0.29, 0.717) is 34.2 Å². The van der Waals surface area contributed by atoms with Crippen molar-refractivity contribution in [3.63, 3.8) is 0 Å². The van der Waals surface area contributed by atoms with Crippen LogP contribution in [0.25, 0.3) is 21.8 Å². The minimum absolute atomic E-state index is 0.549. The predicted octanol–water partition coefficient (Wildman–Crippen LogP) is 5.99. The number of fused-ring (bicyclic) bond motifs is 2. The van der Waals surface area contributed by atoms with Crippen LogP contribution in [0.4, 0.5) is 11.5 Å². The molecular weight excluding hydrogens is 414 g/mol. The average molecular weight is 435 g/mol. The highest BCUT2D eigenvalue weighted by atomic mass is 16.5. The Bertz CT molecular complexity index is 1470. The summed E-state index contributed by atoms with van der Waals surface area (Å²) in [5.74, 6) is 3.29. The van der Waals surface area contributed by atoms with Crippen LogP contribution in [0.2, 0.25) is 0 Å². The van der Waals surface area contributed by atoms with E-state index in [9.17, 15) is 0 Å². The molecule has 6 rings (SSSR count). The van der Waals surface area contributed by atoms with Crippen molar-refractivity contribution in [2.45, 2.75) is 18.8 Å². The maximum Gasteiger partial charge on any atom is 0.160 e. The summed E-state index contributed by atoms with van der Waals surface area (Å²) < 4.78 is 11.3. The van der Waals surface area contributed by atoms with Gasteiger partial charge in [-0.05, 0) is 37.1 Å². The summed E-state index contributed by atoms with van der Waals surface area (Å²) in [4.78, 5) is 8.79. The summed E-state index contributed by atoms with van der Waals surface area (Å²) in [5, 5.41) is 14.7. The second kappa shape index (κ2) is 8.02. The SMILES string of the molecule is COc1cnc2c(Oc3ccc(Nc4nnc(C5CC5)c5ccccc45)cc3)ccnc2c1. The molecule has 0 aliphatic heterocycles. The lowest BCUT2D eigenvalue weighted by Crippen LogP contribution is -2.00. The summed E-state index contributed by atoms with van der Waals surface area (Å²) in [7, 11) is 1.61. The quantitative estimate of drug-likeness (QED) is 0.350. The first kappa shape index (κ1) is 19.4. The van der Waals surface area contributed by atoms with Crippen molar-refractivity contribution in [3.05, 3.63) is 78.8 Å². The third-order valence-electron chi connectivity index (χ3n) is 5.78. The van der Waals surface area contributed by atoms with Crippen LogP contribution >= 0.6 is 0 Å². The standard InChI is InChI=1S/C26H21N5O2/c1-32-19-14-22-25(28-15-19)23(12-13-27-22)33-18-10-8-17(9-11-18)29-26-21-5-3-2-4-20(21)24(30-31-26)16-6-7-16/h2-5,8-16H,6-7H2,1H3,(H,29,31). The predicted molar refractivity (Wildman–Crippen MR) is 127 cm³/mol. The number of hydrogen-bond acceptors (Lipinski definition) is 7. The molecule has 33 heavy (non-hydrogen) atoms. The first-order chi connectivity index (χ1) is 16.3. The number of ether oxygens (including phenoxy) is 2. The van der Waals surface area contributed by atoms with Gasteiger partial charge in [-0.25, -0.2) is 4.98 Å². The Hall–Kier alpha value is -4.26. The number of rotatable bonds is 6. The van der Waals surface area contributed by atoms with Gasteiger partial charge in [-0.2, -0.15) is 5.10 Å². The summed E-state index contributed by atoms with van der Waals surface area (Å²) in [5.41, 5.74) is 3.40. The van der Waals surface area contributed by atoms with Crippen molar-refractivity contribution >= 4 is 33.3 Å². The van der Waals surface area contributed by atoms with Gasteiger partial charge < -0.3 is 14.8 Å².